The minimum absolute atomic E-state index is 0.0781. The van der Waals surface area contributed by atoms with Gasteiger partial charge in [0.05, 0.1) is 10.5 Å². The standard InChI is InChI=1S/C10H11N3O3/c11-9-7(10(14)12-6-4-5-6)2-1-3-8(9)13(15)16/h1-3,6H,4-5,11H2,(H,12,14). The van der Waals surface area contributed by atoms with E-state index in [1.54, 1.807) is 0 Å². The summed E-state index contributed by atoms with van der Waals surface area (Å²) in [5.41, 5.74) is 5.44. The fraction of sp³-hybridized carbons (Fsp3) is 0.300. The summed E-state index contributed by atoms with van der Waals surface area (Å²) in [5.74, 6) is -0.344. The van der Waals surface area contributed by atoms with Crippen LogP contribution in [0.15, 0.2) is 18.2 Å². The van der Waals surface area contributed by atoms with Gasteiger partial charge in [-0.2, -0.15) is 0 Å². The summed E-state index contributed by atoms with van der Waals surface area (Å²) >= 11 is 0. The number of rotatable bonds is 3. The second-order valence-electron chi connectivity index (χ2n) is 3.74. The van der Waals surface area contributed by atoms with Crippen LogP contribution in [-0.2, 0) is 0 Å². The third-order valence-electron chi connectivity index (χ3n) is 2.44. The summed E-state index contributed by atoms with van der Waals surface area (Å²) in [6, 6.07) is 4.42. The van der Waals surface area contributed by atoms with E-state index in [-0.39, 0.29) is 28.9 Å². The Morgan fingerprint density at radius 3 is 2.75 bits per heavy atom. The Kier molecular flexibility index (Phi) is 2.47. The van der Waals surface area contributed by atoms with Crippen LogP contribution in [0.1, 0.15) is 23.2 Å². The first-order valence-corrected chi connectivity index (χ1v) is 4.93. The molecule has 0 spiro atoms. The minimum atomic E-state index is -0.594. The lowest BCUT2D eigenvalue weighted by molar-refractivity contribution is -0.383. The van der Waals surface area contributed by atoms with Crippen molar-refractivity contribution in [2.45, 2.75) is 18.9 Å². The van der Waals surface area contributed by atoms with Crippen LogP contribution in [0.4, 0.5) is 11.4 Å². The highest BCUT2D eigenvalue weighted by Gasteiger charge is 2.26. The molecule has 1 fully saturated rings. The predicted octanol–water partition coefficient (Wildman–Crippen LogP) is 1.07. The zero-order valence-corrected chi connectivity index (χ0v) is 8.47. The molecule has 1 aliphatic rings. The molecule has 3 N–H and O–H groups in total. The van der Waals surface area contributed by atoms with Crippen molar-refractivity contribution < 1.29 is 9.72 Å². The molecule has 1 aliphatic carbocycles. The van der Waals surface area contributed by atoms with Gasteiger partial charge in [-0.25, -0.2) is 0 Å². The van der Waals surface area contributed by atoms with E-state index in [0.717, 1.165) is 12.8 Å². The number of nitrogens with two attached hydrogens (primary N) is 1. The Hall–Kier alpha value is -2.11. The molecule has 1 saturated carbocycles. The number of nitrogens with zero attached hydrogens (tertiary/aromatic N) is 1. The second kappa shape index (κ2) is 3.80. The number of nitrogen functional groups attached to an aromatic ring is 1. The van der Waals surface area contributed by atoms with Crippen LogP contribution in [-0.4, -0.2) is 16.9 Å². The lowest BCUT2D eigenvalue weighted by Crippen LogP contribution is -2.26. The van der Waals surface area contributed by atoms with Gasteiger partial charge in [0.15, 0.2) is 0 Å². The molecule has 6 heteroatoms. The van der Waals surface area contributed by atoms with Gasteiger partial charge in [0, 0.05) is 12.1 Å². The fourth-order valence-electron chi connectivity index (χ4n) is 1.40. The summed E-state index contributed by atoms with van der Waals surface area (Å²) in [4.78, 5) is 21.7. The number of nitro groups is 1. The van der Waals surface area contributed by atoms with Crippen molar-refractivity contribution in [3.05, 3.63) is 33.9 Å². The first kappa shape index (κ1) is 10.4. The van der Waals surface area contributed by atoms with Gasteiger partial charge in [-0.1, -0.05) is 6.07 Å². The second-order valence-corrected chi connectivity index (χ2v) is 3.74. The molecule has 2 rings (SSSR count). The molecule has 1 amide bonds. The third-order valence-corrected chi connectivity index (χ3v) is 2.44. The van der Waals surface area contributed by atoms with Crippen LogP contribution in [0.3, 0.4) is 0 Å². The molecule has 1 aromatic carbocycles. The van der Waals surface area contributed by atoms with Crippen molar-refractivity contribution in [1.29, 1.82) is 0 Å². The van der Waals surface area contributed by atoms with E-state index in [2.05, 4.69) is 5.32 Å². The smallest absolute Gasteiger partial charge is 0.292 e. The monoisotopic (exact) mass is 221 g/mol. The number of carbonyl (C=O) groups is 1. The van der Waals surface area contributed by atoms with Crippen molar-refractivity contribution >= 4 is 17.3 Å². The number of nitro benzene ring substituents is 1. The summed E-state index contributed by atoms with van der Waals surface area (Å²) in [5, 5.41) is 13.4. The average Bonchev–Trinajstić information content (AvgIpc) is 3.01. The normalized spacial score (nSPS) is 14.5. The van der Waals surface area contributed by atoms with E-state index in [4.69, 9.17) is 5.73 Å². The third kappa shape index (κ3) is 1.95. The van der Waals surface area contributed by atoms with Crippen LogP contribution < -0.4 is 11.1 Å². The van der Waals surface area contributed by atoms with Crippen molar-refractivity contribution in [2.75, 3.05) is 5.73 Å². The first-order valence-electron chi connectivity index (χ1n) is 4.93. The molecule has 0 aliphatic heterocycles. The molecule has 1 aromatic rings. The topological polar surface area (TPSA) is 98.3 Å². The molecular formula is C10H11N3O3. The van der Waals surface area contributed by atoms with Crippen LogP contribution >= 0.6 is 0 Å². The highest BCUT2D eigenvalue weighted by atomic mass is 16.6. The van der Waals surface area contributed by atoms with Crippen molar-refractivity contribution in [1.82, 2.24) is 5.32 Å². The molecule has 0 radical (unpaired) electrons. The van der Waals surface area contributed by atoms with Crippen molar-refractivity contribution in [3.63, 3.8) is 0 Å². The van der Waals surface area contributed by atoms with Gasteiger partial charge in [0.25, 0.3) is 11.6 Å². The SMILES string of the molecule is Nc1c(C(=O)NC2CC2)cccc1[N+](=O)[O-]. The van der Waals surface area contributed by atoms with Crippen LogP contribution in [0.5, 0.6) is 0 Å². The van der Waals surface area contributed by atoms with Gasteiger partial charge in [-0.05, 0) is 18.9 Å². The number of para-hydroxylation sites is 1. The van der Waals surface area contributed by atoms with Gasteiger partial charge in [-0.3, -0.25) is 14.9 Å². The predicted molar refractivity (Wildman–Crippen MR) is 58.0 cm³/mol. The van der Waals surface area contributed by atoms with E-state index in [1.165, 1.54) is 18.2 Å². The van der Waals surface area contributed by atoms with Gasteiger partial charge < -0.3 is 11.1 Å². The van der Waals surface area contributed by atoms with E-state index in [9.17, 15) is 14.9 Å². The molecule has 0 atom stereocenters. The molecule has 0 saturated heterocycles. The molecule has 6 nitrogen and oxygen atoms in total. The van der Waals surface area contributed by atoms with E-state index >= 15 is 0 Å². The molecule has 84 valence electrons. The molecule has 16 heavy (non-hydrogen) atoms. The Balaban J connectivity index is 2.29. The molecule has 0 bridgehead atoms. The number of nitrogens with one attached hydrogen (secondary N) is 1. The number of amides is 1. The Labute approximate surface area is 91.6 Å². The summed E-state index contributed by atoms with van der Waals surface area (Å²) < 4.78 is 0. The zero-order valence-electron chi connectivity index (χ0n) is 8.47. The van der Waals surface area contributed by atoms with Gasteiger partial charge in [0.1, 0.15) is 5.69 Å². The van der Waals surface area contributed by atoms with Gasteiger partial charge >= 0.3 is 0 Å². The lowest BCUT2D eigenvalue weighted by Gasteiger charge is -2.06. The highest BCUT2D eigenvalue weighted by Crippen LogP contribution is 2.26. The lowest BCUT2D eigenvalue weighted by atomic mass is 10.1. The maximum absolute atomic E-state index is 11.7. The molecule has 0 unspecified atom stereocenters. The van der Waals surface area contributed by atoms with Gasteiger partial charge in [0.2, 0.25) is 0 Å². The van der Waals surface area contributed by atoms with Crippen molar-refractivity contribution in [2.24, 2.45) is 0 Å². The zero-order chi connectivity index (χ0) is 11.7. The highest BCUT2D eigenvalue weighted by molar-refractivity contribution is 6.01. The number of anilines is 1. The van der Waals surface area contributed by atoms with Crippen LogP contribution in [0.25, 0.3) is 0 Å². The molecule has 0 aromatic heterocycles. The summed E-state index contributed by atoms with van der Waals surface area (Å²) in [6.07, 6.45) is 1.92. The Morgan fingerprint density at radius 1 is 1.50 bits per heavy atom. The van der Waals surface area contributed by atoms with E-state index in [1.807, 2.05) is 0 Å². The van der Waals surface area contributed by atoms with Crippen molar-refractivity contribution in [3.8, 4) is 0 Å². The largest absolute Gasteiger partial charge is 0.393 e. The average molecular weight is 221 g/mol. The maximum atomic E-state index is 11.7. The van der Waals surface area contributed by atoms with E-state index < -0.39 is 4.92 Å². The first-order chi connectivity index (χ1) is 7.59. The van der Waals surface area contributed by atoms with Gasteiger partial charge in [-0.15, -0.1) is 0 Å². The Bertz CT molecular complexity index is 455. The Morgan fingerprint density at radius 2 is 2.19 bits per heavy atom. The number of hydrogen-bond acceptors (Lipinski definition) is 4. The summed E-state index contributed by atoms with van der Waals surface area (Å²) in [6.45, 7) is 0. The van der Waals surface area contributed by atoms with Crippen LogP contribution in [0.2, 0.25) is 0 Å². The molecule has 0 heterocycles. The number of hydrogen-bond donors (Lipinski definition) is 2. The fourth-order valence-corrected chi connectivity index (χ4v) is 1.40. The maximum Gasteiger partial charge on any atom is 0.292 e. The minimum Gasteiger partial charge on any atom is -0.393 e. The number of carbonyl (C=O) groups excluding carboxylic acids is 1. The molecular weight excluding hydrogens is 210 g/mol. The van der Waals surface area contributed by atoms with E-state index in [0.29, 0.717) is 0 Å². The summed E-state index contributed by atoms with van der Waals surface area (Å²) in [7, 11) is 0. The number of benzene rings is 1. The van der Waals surface area contributed by atoms with Crippen LogP contribution in [0, 0.1) is 10.1 Å². The quantitative estimate of drug-likeness (QED) is 0.453.